The lowest BCUT2D eigenvalue weighted by molar-refractivity contribution is -0.386. The molecule has 0 amide bonds. The van der Waals surface area contributed by atoms with E-state index < -0.39 is 70.1 Å². The molecule has 44 heavy (non-hydrogen) atoms. The van der Waals surface area contributed by atoms with E-state index in [-0.39, 0.29) is 29.2 Å². The minimum Gasteiger partial charge on any atom is -0.479 e. The molecule has 7 N–H and O–H groups in total. The number of nitro groups is 1. The molecule has 0 spiro atoms. The lowest BCUT2D eigenvalue weighted by Crippen LogP contribution is -2.40. The Morgan fingerprint density at radius 2 is 1.80 bits per heavy atom. The van der Waals surface area contributed by atoms with Gasteiger partial charge in [-0.1, -0.05) is 32.9 Å². The number of nitrogens with zero attached hydrogens (tertiary/aromatic N) is 3. The number of hydrogen-bond acceptors (Lipinski definition) is 14. The van der Waals surface area contributed by atoms with Crippen molar-refractivity contribution in [1.29, 1.82) is 0 Å². The molecule has 0 bridgehead atoms. The van der Waals surface area contributed by atoms with Crippen LogP contribution in [0.5, 0.6) is 5.75 Å². The average molecular weight is 688 g/mol. The quantitative estimate of drug-likeness (QED) is 0.106. The fraction of sp³-hybridized carbons (Fsp3) is 0.524. The molecule has 2 aromatic rings. The highest BCUT2D eigenvalue weighted by molar-refractivity contribution is 7.66. The normalized spacial score (nSPS) is 24.3. The number of hydrogen-bond donors (Lipinski definition) is 6. The maximum atomic E-state index is 12.9. The van der Waals surface area contributed by atoms with E-state index in [1.54, 1.807) is 26.8 Å². The first-order chi connectivity index (χ1) is 19.9. The number of aliphatic hydroxyl groups excluding tert-OH is 1. The number of rotatable bonds is 12. The van der Waals surface area contributed by atoms with Crippen LogP contribution in [0.15, 0.2) is 35.3 Å². The van der Waals surface area contributed by atoms with Gasteiger partial charge in [0.2, 0.25) is 0 Å². The first kappa shape index (κ1) is 35.9. The highest BCUT2D eigenvalue weighted by Gasteiger charge is 2.47. The molecule has 23 heteroatoms. The zero-order valence-corrected chi connectivity index (χ0v) is 26.2. The molecule has 0 saturated carbocycles. The van der Waals surface area contributed by atoms with Gasteiger partial charge in [-0.05, 0) is 13.0 Å². The zero-order chi connectivity index (χ0) is 33.5. The zero-order valence-electron chi connectivity index (χ0n) is 23.5. The molecule has 3 rings (SSSR count). The van der Waals surface area contributed by atoms with Crippen LogP contribution >= 0.6 is 23.5 Å². The fourth-order valence-electron chi connectivity index (χ4n) is 4.33. The number of aromatic nitrogens is 2. The van der Waals surface area contributed by atoms with Crippen molar-refractivity contribution in [3.63, 3.8) is 0 Å². The second-order valence-electron chi connectivity index (χ2n) is 10.8. The van der Waals surface area contributed by atoms with Crippen molar-refractivity contribution in [3.05, 3.63) is 56.6 Å². The van der Waals surface area contributed by atoms with Gasteiger partial charge in [-0.2, -0.15) is 13.6 Å². The van der Waals surface area contributed by atoms with Gasteiger partial charge in [0.25, 0.3) is 5.69 Å². The first-order valence-electron chi connectivity index (χ1n) is 12.4. The lowest BCUT2D eigenvalue weighted by atomic mass is 9.84. The molecule has 0 aliphatic carbocycles. The molecule has 1 fully saturated rings. The van der Waals surface area contributed by atoms with Crippen molar-refractivity contribution in [1.82, 2.24) is 9.55 Å². The maximum absolute atomic E-state index is 12.9. The highest BCUT2D eigenvalue weighted by atomic mass is 31.3. The monoisotopic (exact) mass is 688 g/mol. The average Bonchev–Trinajstić information content (AvgIpc) is 3.13. The van der Waals surface area contributed by atoms with Crippen molar-refractivity contribution < 1.29 is 65.9 Å². The molecule has 1 aromatic heterocycles. The molecular formula is C21H31N4O16P3. The Labute approximate surface area is 248 Å². The fourth-order valence-corrected chi connectivity index (χ4v) is 7.36. The molecule has 1 aliphatic rings. The number of phosphoric acid groups is 3. The Balaban J connectivity index is 1.87. The second kappa shape index (κ2) is 12.7. The topological polar surface area (TPSA) is 303 Å². The van der Waals surface area contributed by atoms with Gasteiger partial charge in [0, 0.05) is 17.9 Å². The van der Waals surface area contributed by atoms with Crippen LogP contribution in [0.1, 0.15) is 45.8 Å². The third-order valence-corrected chi connectivity index (χ3v) is 9.92. The van der Waals surface area contributed by atoms with E-state index in [0.29, 0.717) is 0 Å². The smallest absolute Gasteiger partial charge is 0.479 e. The van der Waals surface area contributed by atoms with E-state index in [0.717, 1.165) is 10.8 Å². The van der Waals surface area contributed by atoms with Gasteiger partial charge < -0.3 is 39.9 Å². The van der Waals surface area contributed by atoms with Gasteiger partial charge in [0.15, 0.2) is 11.6 Å². The Bertz CT molecular complexity index is 1610. The SMILES string of the molecule is CC(C)(C)[C@H](Oc1cn([C@@]2(C)C[C@H](O)[C@@H](COP(=O)(O)OP(=O)(O)OP(=O)(O)O)O2)c(=O)nc1N)c1ccccc1[N+](=O)[O-]. The van der Waals surface area contributed by atoms with Crippen molar-refractivity contribution in [2.24, 2.45) is 5.41 Å². The molecule has 1 aliphatic heterocycles. The Morgan fingerprint density at radius 1 is 1.18 bits per heavy atom. The molecule has 0 radical (unpaired) electrons. The number of para-hydroxylation sites is 1. The number of nitrogen functional groups attached to an aromatic ring is 1. The van der Waals surface area contributed by atoms with Crippen LogP contribution in [0.4, 0.5) is 11.5 Å². The van der Waals surface area contributed by atoms with Gasteiger partial charge in [-0.15, -0.1) is 0 Å². The van der Waals surface area contributed by atoms with Crippen molar-refractivity contribution in [2.75, 3.05) is 12.3 Å². The molecule has 246 valence electrons. The summed E-state index contributed by atoms with van der Waals surface area (Å²) in [7, 11) is -16.9. The third-order valence-electron chi connectivity index (χ3n) is 6.12. The molecule has 1 saturated heterocycles. The van der Waals surface area contributed by atoms with E-state index in [1.165, 1.54) is 25.1 Å². The van der Waals surface area contributed by atoms with Crippen molar-refractivity contribution >= 4 is 35.0 Å². The predicted molar refractivity (Wildman–Crippen MR) is 148 cm³/mol. The van der Waals surface area contributed by atoms with Crippen LogP contribution in [-0.4, -0.2) is 58.0 Å². The number of anilines is 1. The van der Waals surface area contributed by atoms with Crippen LogP contribution in [0.25, 0.3) is 0 Å². The summed E-state index contributed by atoms with van der Waals surface area (Å²) in [6.07, 6.45) is -3.13. The second-order valence-corrected chi connectivity index (χ2v) is 15.2. The van der Waals surface area contributed by atoms with Gasteiger partial charge in [0.05, 0.1) is 29.4 Å². The van der Waals surface area contributed by atoms with E-state index in [4.69, 9.17) is 25.0 Å². The summed E-state index contributed by atoms with van der Waals surface area (Å²) in [6, 6.07) is 5.89. The van der Waals surface area contributed by atoms with Crippen LogP contribution in [0.2, 0.25) is 0 Å². The van der Waals surface area contributed by atoms with Crippen LogP contribution < -0.4 is 16.2 Å². The summed E-state index contributed by atoms with van der Waals surface area (Å²) in [5, 5.41) is 22.3. The molecule has 2 heterocycles. The number of ether oxygens (including phenoxy) is 2. The number of benzene rings is 1. The van der Waals surface area contributed by atoms with Crippen LogP contribution in [0.3, 0.4) is 0 Å². The Hall–Kier alpha value is -2.57. The molecule has 1 aromatic carbocycles. The maximum Gasteiger partial charge on any atom is 0.490 e. The molecule has 20 nitrogen and oxygen atoms in total. The summed E-state index contributed by atoms with van der Waals surface area (Å²) in [4.78, 5) is 64.0. The predicted octanol–water partition coefficient (Wildman–Crippen LogP) is 2.07. The van der Waals surface area contributed by atoms with Gasteiger partial charge in [-0.25, -0.2) is 18.5 Å². The third kappa shape index (κ3) is 9.00. The summed E-state index contributed by atoms with van der Waals surface area (Å²) >= 11 is 0. The number of nitrogens with two attached hydrogens (primary N) is 1. The van der Waals surface area contributed by atoms with Gasteiger partial charge >= 0.3 is 29.2 Å². The van der Waals surface area contributed by atoms with E-state index >= 15 is 0 Å². The Morgan fingerprint density at radius 3 is 2.36 bits per heavy atom. The standard InChI is InChI=1S/C21H31N4O16P3/c1-20(2,3)17(12-7-5-6-8-13(12)25(28)29)38-15-10-24(19(27)23-18(15)22)21(4)9-14(26)16(39-21)11-37-43(33,34)41-44(35,36)40-42(30,31)32/h5-8,10,14,16-17,26H,9,11H2,1-4H3,(H,33,34)(H,35,36)(H2,22,23,27)(H2,30,31,32)/t14-,16+,17+,21+/m0/s1. The summed E-state index contributed by atoms with van der Waals surface area (Å²) in [5.74, 6) is -0.524. The molecular weight excluding hydrogens is 657 g/mol. The Kier molecular flexibility index (Phi) is 10.3. The van der Waals surface area contributed by atoms with Crippen LogP contribution in [0, 0.1) is 15.5 Å². The van der Waals surface area contributed by atoms with E-state index in [1.807, 2.05) is 0 Å². The van der Waals surface area contributed by atoms with Crippen molar-refractivity contribution in [3.8, 4) is 5.75 Å². The summed E-state index contributed by atoms with van der Waals surface area (Å²) in [5.41, 5.74) is 2.54. The number of phosphoric ester groups is 1. The number of aliphatic hydroxyl groups is 1. The first-order valence-corrected chi connectivity index (χ1v) is 16.9. The van der Waals surface area contributed by atoms with Gasteiger partial charge in [-0.3, -0.25) is 19.2 Å². The molecule has 2 unspecified atom stereocenters. The summed E-state index contributed by atoms with van der Waals surface area (Å²) < 4.78 is 59.0. The molecule has 6 atom stereocenters. The highest BCUT2D eigenvalue weighted by Crippen LogP contribution is 2.66. The minimum absolute atomic E-state index is 0.168. The minimum atomic E-state index is -5.78. The van der Waals surface area contributed by atoms with Gasteiger partial charge in [0.1, 0.15) is 17.9 Å². The largest absolute Gasteiger partial charge is 0.490 e. The summed E-state index contributed by atoms with van der Waals surface area (Å²) in [6.45, 7) is 5.63. The number of nitro benzene ring substituents is 1. The van der Waals surface area contributed by atoms with E-state index in [9.17, 15) is 43.5 Å². The van der Waals surface area contributed by atoms with Crippen molar-refractivity contribution in [2.45, 2.75) is 58.2 Å². The van der Waals surface area contributed by atoms with E-state index in [2.05, 4.69) is 18.1 Å². The lowest BCUT2D eigenvalue weighted by Gasteiger charge is -2.32. The van der Waals surface area contributed by atoms with Crippen LogP contribution in [-0.2, 0) is 37.3 Å².